The second kappa shape index (κ2) is 14.9. The Bertz CT molecular complexity index is 1830. The molecule has 17 heteroatoms. The lowest BCUT2D eigenvalue weighted by Crippen LogP contribution is -2.58. The molecule has 16 nitrogen and oxygen atoms in total. The molecule has 52 heavy (non-hydrogen) atoms. The van der Waals surface area contributed by atoms with E-state index >= 15 is 0 Å². The molecule has 0 bridgehead atoms. The average molecular weight is 745 g/mol. The molecule has 5 rings (SSSR count). The number of alkyl carbamates (subject to hydrolysis) is 1. The Balaban J connectivity index is 1.50. The van der Waals surface area contributed by atoms with Gasteiger partial charge in [0.1, 0.15) is 34.8 Å². The number of amides is 4. The molecule has 1 aromatic carbocycles. The van der Waals surface area contributed by atoms with E-state index in [4.69, 9.17) is 15.2 Å². The molecular formula is C35H52N8O8S. The smallest absolute Gasteiger partial charge is 0.408 e. The van der Waals surface area contributed by atoms with Crippen molar-refractivity contribution in [2.24, 2.45) is 5.92 Å². The number of nitrogens with one attached hydrogen (secondary N) is 3. The van der Waals surface area contributed by atoms with Crippen LogP contribution in [-0.4, -0.2) is 101 Å². The molecule has 4 amide bonds. The van der Waals surface area contributed by atoms with Crippen LogP contribution in [0.4, 0.5) is 10.5 Å². The minimum atomic E-state index is -4.17. The molecule has 5 atom stereocenters. The molecule has 3 heterocycles. The van der Waals surface area contributed by atoms with Gasteiger partial charge < -0.3 is 30.7 Å². The Morgan fingerprint density at radius 3 is 2.56 bits per heavy atom. The number of nitrogens with zero attached hydrogens (tertiary/aromatic N) is 4. The van der Waals surface area contributed by atoms with Crippen LogP contribution >= 0.6 is 0 Å². The molecular weight excluding hydrogens is 692 g/mol. The van der Waals surface area contributed by atoms with E-state index in [1.807, 2.05) is 42.7 Å². The number of ether oxygens (including phenoxy) is 2. The number of nitrogen functional groups attached to an aromatic ring is 1. The highest BCUT2D eigenvalue weighted by Gasteiger charge is 2.61. The topological polar surface area (TPSA) is 207 Å². The van der Waals surface area contributed by atoms with Gasteiger partial charge in [-0.05, 0) is 72.4 Å². The third kappa shape index (κ3) is 8.46. The summed E-state index contributed by atoms with van der Waals surface area (Å²) in [4.78, 5) is 61.4. The standard InChI is InChI=1S/C35H52N8O8S/c1-21(2)43-26-17-13-15-24(36)28(26)38-32(43)50-23-18-27-29(44)39-35(31(46)40-52(48,49)41(6)7)19-22(35)14-11-9-8-10-12-16-25(30(45)42(27)20-23)37-33(47)51-34(3,4)5/h11,13-15,17,21-23,25,27H,8-10,12,16,18-20,36H2,1-7H3,(H,37,47)(H,39,44)(H,40,46)/b14-11-/t22-,23-,25+,27+,35-/m1/s1. The van der Waals surface area contributed by atoms with Crippen LogP contribution in [0.1, 0.15) is 85.6 Å². The second-order valence-electron chi connectivity index (χ2n) is 15.3. The fraction of sp³-hybridized carbons (Fsp3) is 0.629. The minimum absolute atomic E-state index is 0.0295. The fourth-order valence-corrected chi connectivity index (χ4v) is 7.36. The quantitative estimate of drug-likeness (QED) is 0.241. The van der Waals surface area contributed by atoms with E-state index in [9.17, 15) is 27.6 Å². The zero-order chi connectivity index (χ0) is 38.2. The van der Waals surface area contributed by atoms with Crippen LogP contribution in [0.25, 0.3) is 11.0 Å². The molecule has 2 aliphatic heterocycles. The van der Waals surface area contributed by atoms with Crippen LogP contribution in [-0.2, 0) is 29.3 Å². The van der Waals surface area contributed by atoms with Gasteiger partial charge in [0.25, 0.3) is 11.9 Å². The highest BCUT2D eigenvalue weighted by molar-refractivity contribution is 7.87. The fourth-order valence-electron chi connectivity index (χ4n) is 6.76. The first-order chi connectivity index (χ1) is 24.3. The second-order valence-corrected chi connectivity index (χ2v) is 17.2. The predicted molar refractivity (Wildman–Crippen MR) is 194 cm³/mol. The molecule has 0 spiro atoms. The maximum atomic E-state index is 14.4. The van der Waals surface area contributed by atoms with E-state index in [1.54, 1.807) is 26.8 Å². The number of benzene rings is 1. The van der Waals surface area contributed by atoms with Crippen LogP contribution in [0.5, 0.6) is 6.01 Å². The molecule has 1 aliphatic carbocycles. The van der Waals surface area contributed by atoms with E-state index in [0.717, 1.165) is 22.7 Å². The number of anilines is 1. The molecule has 286 valence electrons. The van der Waals surface area contributed by atoms with Gasteiger partial charge in [0, 0.05) is 32.5 Å². The summed E-state index contributed by atoms with van der Waals surface area (Å²) in [7, 11) is -1.58. The summed E-state index contributed by atoms with van der Waals surface area (Å²) in [6, 6.07) is 3.50. The molecule has 0 unspecified atom stereocenters. The first kappa shape index (κ1) is 38.8. The van der Waals surface area contributed by atoms with Gasteiger partial charge in [-0.25, -0.2) is 9.52 Å². The van der Waals surface area contributed by atoms with Crippen molar-refractivity contribution in [3.63, 3.8) is 0 Å². The molecule has 1 aromatic heterocycles. The lowest BCUT2D eigenvalue weighted by Gasteiger charge is -2.30. The van der Waals surface area contributed by atoms with Crippen molar-refractivity contribution >= 4 is 50.7 Å². The van der Waals surface area contributed by atoms with Gasteiger partial charge in [0.15, 0.2) is 0 Å². The SMILES string of the molecule is CC(C)n1c(O[C@@H]2C[C@H]3C(=O)N[C@]4(C(=O)NS(=O)(=O)N(C)C)C[C@H]4/C=C\CCCCC[C@H](NC(=O)OC(C)(C)C)C(=O)N3C2)nc2c(N)cccc21. The van der Waals surface area contributed by atoms with Gasteiger partial charge in [0.05, 0.1) is 17.7 Å². The zero-order valence-electron chi connectivity index (χ0n) is 31.0. The maximum Gasteiger partial charge on any atom is 0.408 e. The van der Waals surface area contributed by atoms with Gasteiger partial charge in [-0.15, -0.1) is 0 Å². The van der Waals surface area contributed by atoms with Crippen LogP contribution in [0, 0.1) is 5.92 Å². The van der Waals surface area contributed by atoms with Gasteiger partial charge in [0.2, 0.25) is 11.8 Å². The van der Waals surface area contributed by atoms with E-state index in [1.165, 1.54) is 19.0 Å². The largest absolute Gasteiger partial charge is 0.459 e. The Morgan fingerprint density at radius 2 is 1.88 bits per heavy atom. The van der Waals surface area contributed by atoms with Crippen molar-refractivity contribution in [3.05, 3.63) is 30.4 Å². The average Bonchev–Trinajstić information content (AvgIpc) is 3.36. The summed E-state index contributed by atoms with van der Waals surface area (Å²) in [5.41, 5.74) is 5.67. The van der Waals surface area contributed by atoms with Crippen molar-refractivity contribution in [1.82, 2.24) is 34.1 Å². The van der Waals surface area contributed by atoms with Crippen molar-refractivity contribution in [1.29, 1.82) is 0 Å². The predicted octanol–water partition coefficient (Wildman–Crippen LogP) is 2.76. The number of carbonyl (C=O) groups excluding carboxylic acids is 4. The number of imidazole rings is 1. The molecule has 5 N–H and O–H groups in total. The van der Waals surface area contributed by atoms with Gasteiger partial charge >= 0.3 is 16.3 Å². The summed E-state index contributed by atoms with van der Waals surface area (Å²) in [5, 5.41) is 5.57. The van der Waals surface area contributed by atoms with E-state index in [2.05, 4.69) is 20.3 Å². The number of carbonyl (C=O) groups is 4. The highest BCUT2D eigenvalue weighted by atomic mass is 32.2. The molecule has 1 saturated carbocycles. The van der Waals surface area contributed by atoms with Crippen LogP contribution in [0.15, 0.2) is 30.4 Å². The number of hydrogen-bond donors (Lipinski definition) is 4. The van der Waals surface area contributed by atoms with Crippen molar-refractivity contribution in [2.75, 3.05) is 26.4 Å². The Kier molecular flexibility index (Phi) is 11.2. The first-order valence-electron chi connectivity index (χ1n) is 17.8. The Labute approximate surface area is 305 Å². The Hall–Kier alpha value is -4.38. The molecule has 3 aliphatic rings. The number of allylic oxidation sites excluding steroid dienone is 1. The zero-order valence-corrected chi connectivity index (χ0v) is 31.8. The molecule has 2 aromatic rings. The first-order valence-corrected chi connectivity index (χ1v) is 19.2. The van der Waals surface area contributed by atoms with E-state index in [0.29, 0.717) is 30.5 Å². The number of rotatable bonds is 7. The van der Waals surface area contributed by atoms with Crippen LogP contribution in [0.2, 0.25) is 0 Å². The number of fused-ring (bicyclic) bond motifs is 3. The number of para-hydroxylation sites is 1. The van der Waals surface area contributed by atoms with E-state index in [-0.39, 0.29) is 31.4 Å². The Morgan fingerprint density at radius 1 is 1.15 bits per heavy atom. The van der Waals surface area contributed by atoms with Gasteiger partial charge in [-0.2, -0.15) is 17.7 Å². The summed E-state index contributed by atoms with van der Waals surface area (Å²) < 4.78 is 42.1. The van der Waals surface area contributed by atoms with Crippen LogP contribution < -0.4 is 25.8 Å². The molecule has 2 fully saturated rings. The van der Waals surface area contributed by atoms with Crippen molar-refractivity contribution < 1.29 is 37.1 Å². The maximum absolute atomic E-state index is 14.4. The number of hydrogen-bond acceptors (Lipinski definition) is 10. The monoisotopic (exact) mass is 744 g/mol. The number of aromatic nitrogens is 2. The van der Waals surface area contributed by atoms with Crippen LogP contribution in [0.3, 0.4) is 0 Å². The molecule has 1 saturated heterocycles. The highest BCUT2D eigenvalue weighted by Crippen LogP contribution is 2.46. The lowest BCUT2D eigenvalue weighted by atomic mass is 10.0. The summed E-state index contributed by atoms with van der Waals surface area (Å²) in [5.74, 6) is -2.49. The minimum Gasteiger partial charge on any atom is -0.459 e. The van der Waals surface area contributed by atoms with Gasteiger partial charge in [-0.1, -0.05) is 31.1 Å². The lowest BCUT2D eigenvalue weighted by molar-refractivity contribution is -0.141. The summed E-state index contributed by atoms with van der Waals surface area (Å²) in [6.45, 7) is 9.08. The van der Waals surface area contributed by atoms with Crippen molar-refractivity contribution in [3.8, 4) is 6.01 Å². The summed E-state index contributed by atoms with van der Waals surface area (Å²) >= 11 is 0. The summed E-state index contributed by atoms with van der Waals surface area (Å²) in [6.07, 6.45) is 5.61. The normalized spacial score (nSPS) is 26.5. The molecule has 0 radical (unpaired) electrons. The third-order valence-corrected chi connectivity index (χ3v) is 11.0. The van der Waals surface area contributed by atoms with E-state index < -0.39 is 69.3 Å². The van der Waals surface area contributed by atoms with Crippen molar-refractivity contribution in [2.45, 2.75) is 115 Å². The third-order valence-electron chi connectivity index (χ3n) is 9.55. The van der Waals surface area contributed by atoms with Gasteiger partial charge in [-0.3, -0.25) is 19.0 Å². The number of nitrogens with two attached hydrogens (primary N) is 1.